The minimum absolute atomic E-state index is 0.0570. The fourth-order valence-electron chi connectivity index (χ4n) is 4.14. The number of amides is 1. The number of sulfonamides is 1. The largest absolute Gasteiger partial charge is 0.487 e. The first kappa shape index (κ1) is 25.2. The van der Waals surface area contributed by atoms with Gasteiger partial charge in [0.2, 0.25) is 15.9 Å². The molecule has 0 unspecified atom stereocenters. The summed E-state index contributed by atoms with van der Waals surface area (Å²) in [6, 6.07) is 4.64. The maximum absolute atomic E-state index is 13.1. The van der Waals surface area contributed by atoms with Crippen LogP contribution in [0.2, 0.25) is 0 Å². The summed E-state index contributed by atoms with van der Waals surface area (Å²) in [7, 11) is -4.33. The van der Waals surface area contributed by atoms with Gasteiger partial charge in [-0.3, -0.25) is 4.79 Å². The van der Waals surface area contributed by atoms with E-state index >= 15 is 0 Å². The summed E-state index contributed by atoms with van der Waals surface area (Å²) < 4.78 is 110. The standard InChI is InChI=1S/C21H19F6N3O4S/c22-20(23,24)13-2-1-3-17(8-13)35(32,33)29-7-6-19(31)30-12-16(9-14(30)11-29)34-15-4-5-18(28-10-15)21(25,26)27/h1-5,8,10,14,16H,6-7,9,11-12H2/t14-,16+/m1/s1. The molecule has 2 saturated heterocycles. The van der Waals surface area contributed by atoms with Crippen molar-refractivity contribution in [1.82, 2.24) is 14.2 Å². The number of fused-ring (bicyclic) bond motifs is 1. The van der Waals surface area contributed by atoms with E-state index in [1.54, 1.807) is 0 Å². The number of ether oxygens (including phenoxy) is 1. The SMILES string of the molecule is O=C1CCN(S(=O)(=O)c2cccc(C(F)(F)F)c2)C[C@H]2C[C@H](Oc3ccc(C(F)(F)F)nc3)CN12. The normalized spacial score (nSPS) is 22.1. The third-order valence-corrected chi connectivity index (χ3v) is 7.68. The van der Waals surface area contributed by atoms with E-state index in [2.05, 4.69) is 4.98 Å². The minimum atomic E-state index is -4.72. The Labute approximate surface area is 196 Å². The van der Waals surface area contributed by atoms with E-state index in [1.165, 1.54) is 4.90 Å². The summed E-state index contributed by atoms with van der Waals surface area (Å²) in [6.07, 6.45) is -9.03. The summed E-state index contributed by atoms with van der Waals surface area (Å²) in [5.74, 6) is -0.296. The lowest BCUT2D eigenvalue weighted by Crippen LogP contribution is -2.40. The van der Waals surface area contributed by atoms with Crippen LogP contribution in [0.4, 0.5) is 26.3 Å². The van der Waals surface area contributed by atoms with Crippen molar-refractivity contribution in [2.75, 3.05) is 19.6 Å². The molecule has 2 aliphatic heterocycles. The Morgan fingerprint density at radius 3 is 2.37 bits per heavy atom. The molecule has 0 N–H and O–H groups in total. The molecular formula is C21H19F6N3O4S. The van der Waals surface area contributed by atoms with Crippen molar-refractivity contribution in [2.45, 2.75) is 42.2 Å². The summed E-state index contributed by atoms with van der Waals surface area (Å²) in [5.41, 5.74) is -2.19. The summed E-state index contributed by atoms with van der Waals surface area (Å²) in [6.45, 7) is -0.268. The van der Waals surface area contributed by atoms with Crippen LogP contribution in [0.15, 0.2) is 47.5 Å². The van der Waals surface area contributed by atoms with E-state index in [4.69, 9.17) is 4.74 Å². The van der Waals surface area contributed by atoms with Crippen LogP contribution in [0.25, 0.3) is 0 Å². The van der Waals surface area contributed by atoms with Crippen molar-refractivity contribution in [3.05, 3.63) is 53.9 Å². The summed E-state index contributed by atoms with van der Waals surface area (Å²) in [5, 5.41) is 0. The van der Waals surface area contributed by atoms with Gasteiger partial charge in [0.1, 0.15) is 17.5 Å². The third-order valence-electron chi connectivity index (χ3n) is 5.81. The number of hydrogen-bond donors (Lipinski definition) is 0. The van der Waals surface area contributed by atoms with Gasteiger partial charge in [-0.25, -0.2) is 13.4 Å². The zero-order valence-electron chi connectivity index (χ0n) is 17.9. The Balaban J connectivity index is 1.49. The van der Waals surface area contributed by atoms with Gasteiger partial charge < -0.3 is 9.64 Å². The molecule has 14 heteroatoms. The van der Waals surface area contributed by atoms with Crippen LogP contribution in [0.1, 0.15) is 24.1 Å². The van der Waals surface area contributed by atoms with Crippen molar-refractivity contribution in [3.8, 4) is 5.75 Å². The molecule has 0 spiro atoms. The highest BCUT2D eigenvalue weighted by Crippen LogP contribution is 2.33. The van der Waals surface area contributed by atoms with Crippen LogP contribution in [0.5, 0.6) is 5.75 Å². The van der Waals surface area contributed by atoms with Crippen molar-refractivity contribution >= 4 is 15.9 Å². The molecular weight excluding hydrogens is 504 g/mol. The number of hydrogen-bond acceptors (Lipinski definition) is 5. The zero-order valence-corrected chi connectivity index (χ0v) is 18.7. The molecule has 3 heterocycles. The molecule has 1 aromatic carbocycles. The fraction of sp³-hybridized carbons (Fsp3) is 0.429. The lowest BCUT2D eigenvalue weighted by Gasteiger charge is -2.25. The number of alkyl halides is 6. The van der Waals surface area contributed by atoms with Crippen LogP contribution in [-0.4, -0.2) is 60.3 Å². The zero-order chi connectivity index (χ0) is 25.6. The number of nitrogens with zero attached hydrogens (tertiary/aromatic N) is 3. The van der Waals surface area contributed by atoms with Gasteiger partial charge >= 0.3 is 12.4 Å². The molecule has 2 aromatic rings. The van der Waals surface area contributed by atoms with E-state index in [1.807, 2.05) is 0 Å². The van der Waals surface area contributed by atoms with E-state index < -0.39 is 50.7 Å². The number of pyridine rings is 1. The second kappa shape index (κ2) is 8.97. The molecule has 7 nitrogen and oxygen atoms in total. The lowest BCUT2D eigenvalue weighted by molar-refractivity contribution is -0.141. The molecule has 2 atom stereocenters. The molecule has 0 aliphatic carbocycles. The van der Waals surface area contributed by atoms with Gasteiger partial charge in [0.25, 0.3) is 0 Å². The molecule has 2 aliphatic rings. The van der Waals surface area contributed by atoms with Crippen molar-refractivity contribution in [3.63, 3.8) is 0 Å². The molecule has 190 valence electrons. The number of benzene rings is 1. The molecule has 0 radical (unpaired) electrons. The van der Waals surface area contributed by atoms with Gasteiger partial charge in [-0.1, -0.05) is 6.07 Å². The van der Waals surface area contributed by atoms with Gasteiger partial charge in [-0.2, -0.15) is 30.6 Å². The van der Waals surface area contributed by atoms with Gasteiger partial charge in [0, 0.05) is 32.0 Å². The quantitative estimate of drug-likeness (QED) is 0.573. The van der Waals surface area contributed by atoms with Gasteiger partial charge in [0.05, 0.1) is 23.2 Å². The first-order valence-electron chi connectivity index (χ1n) is 10.4. The second-order valence-electron chi connectivity index (χ2n) is 8.19. The Morgan fingerprint density at radius 2 is 1.74 bits per heavy atom. The highest BCUT2D eigenvalue weighted by atomic mass is 32.2. The van der Waals surface area contributed by atoms with Gasteiger partial charge in [-0.15, -0.1) is 0 Å². The average molecular weight is 523 g/mol. The Bertz CT molecular complexity index is 1200. The van der Waals surface area contributed by atoms with E-state index in [-0.39, 0.29) is 44.1 Å². The van der Waals surface area contributed by atoms with Gasteiger partial charge in [-0.05, 0) is 30.3 Å². The summed E-state index contributed by atoms with van der Waals surface area (Å²) >= 11 is 0. The highest BCUT2D eigenvalue weighted by molar-refractivity contribution is 7.89. The molecule has 35 heavy (non-hydrogen) atoms. The van der Waals surface area contributed by atoms with E-state index in [0.29, 0.717) is 6.07 Å². The monoisotopic (exact) mass is 523 g/mol. The molecule has 4 rings (SSSR count). The predicted molar refractivity (Wildman–Crippen MR) is 109 cm³/mol. The van der Waals surface area contributed by atoms with Crippen molar-refractivity contribution in [1.29, 1.82) is 0 Å². The average Bonchev–Trinajstić information content (AvgIpc) is 3.10. The Hall–Kier alpha value is -2.87. The number of rotatable bonds is 4. The highest BCUT2D eigenvalue weighted by Gasteiger charge is 2.42. The lowest BCUT2D eigenvalue weighted by atomic mass is 10.2. The van der Waals surface area contributed by atoms with Crippen molar-refractivity contribution < 1.29 is 44.3 Å². The first-order chi connectivity index (χ1) is 16.2. The van der Waals surface area contributed by atoms with Crippen LogP contribution < -0.4 is 4.74 Å². The van der Waals surface area contributed by atoms with Crippen LogP contribution in [0, 0.1) is 0 Å². The third kappa shape index (κ3) is 5.37. The maximum Gasteiger partial charge on any atom is 0.433 e. The molecule has 1 aromatic heterocycles. The number of aromatic nitrogens is 1. The minimum Gasteiger partial charge on any atom is -0.487 e. The maximum atomic E-state index is 13.1. The Morgan fingerprint density at radius 1 is 1.00 bits per heavy atom. The van der Waals surface area contributed by atoms with Crippen LogP contribution in [-0.2, 0) is 27.2 Å². The van der Waals surface area contributed by atoms with E-state index in [0.717, 1.165) is 40.8 Å². The van der Waals surface area contributed by atoms with Gasteiger partial charge in [0.15, 0.2) is 0 Å². The van der Waals surface area contributed by atoms with E-state index in [9.17, 15) is 39.6 Å². The molecule has 0 saturated carbocycles. The molecule has 2 fully saturated rings. The smallest absolute Gasteiger partial charge is 0.433 e. The number of carbonyl (C=O) groups is 1. The topological polar surface area (TPSA) is 79.8 Å². The molecule has 0 bridgehead atoms. The molecule has 1 amide bonds. The Kier molecular flexibility index (Phi) is 6.47. The number of halogens is 6. The second-order valence-corrected chi connectivity index (χ2v) is 10.1. The first-order valence-corrected chi connectivity index (χ1v) is 11.9. The van der Waals surface area contributed by atoms with Crippen LogP contribution >= 0.6 is 0 Å². The fourth-order valence-corrected chi connectivity index (χ4v) is 5.66. The van der Waals surface area contributed by atoms with Crippen LogP contribution in [0.3, 0.4) is 0 Å². The van der Waals surface area contributed by atoms with Crippen molar-refractivity contribution in [2.24, 2.45) is 0 Å². The number of carbonyl (C=O) groups excluding carboxylic acids is 1. The predicted octanol–water partition coefficient (Wildman–Crippen LogP) is 3.56. The summed E-state index contributed by atoms with van der Waals surface area (Å²) in [4.78, 5) is 16.8.